The summed E-state index contributed by atoms with van der Waals surface area (Å²) < 4.78 is 0. The number of piperazine rings is 1. The molecule has 1 saturated heterocycles. The van der Waals surface area contributed by atoms with Gasteiger partial charge in [0.25, 0.3) is 0 Å². The number of aromatic nitrogens is 4. The number of nitrogens with one attached hydrogen (secondary N) is 3. The van der Waals surface area contributed by atoms with Gasteiger partial charge in [0.2, 0.25) is 0 Å². The molecule has 34 heavy (non-hydrogen) atoms. The topological polar surface area (TPSA) is 102 Å². The van der Waals surface area contributed by atoms with E-state index in [0.29, 0.717) is 11.7 Å². The Labute approximate surface area is 203 Å². The van der Waals surface area contributed by atoms with Crippen molar-refractivity contribution in [3.63, 3.8) is 0 Å². The Bertz CT molecular complexity index is 1140. The maximum absolute atomic E-state index is 11.2. The fourth-order valence-corrected chi connectivity index (χ4v) is 4.62. The molecule has 3 heterocycles. The molecule has 0 spiro atoms. The highest BCUT2D eigenvalue weighted by Crippen LogP contribution is 2.43. The summed E-state index contributed by atoms with van der Waals surface area (Å²) in [5, 5.41) is 14.6. The van der Waals surface area contributed by atoms with Crippen LogP contribution in [-0.4, -0.2) is 71.1 Å². The van der Waals surface area contributed by atoms with E-state index in [2.05, 4.69) is 49.8 Å². The van der Waals surface area contributed by atoms with Gasteiger partial charge in [-0.3, -0.25) is 5.10 Å². The number of aromatic amines is 1. The lowest BCUT2D eigenvalue weighted by Crippen LogP contribution is -2.44. The number of hydrogen-bond acceptors (Lipinski definition) is 9. The maximum Gasteiger partial charge on any atom is 0.196 e. The van der Waals surface area contributed by atoms with Crippen LogP contribution >= 0.6 is 11.8 Å². The van der Waals surface area contributed by atoms with Gasteiger partial charge in [-0.25, -0.2) is 9.97 Å². The second kappa shape index (κ2) is 9.63. The van der Waals surface area contributed by atoms with Crippen molar-refractivity contribution in [1.29, 1.82) is 0 Å². The van der Waals surface area contributed by atoms with Crippen LogP contribution in [0.2, 0.25) is 0 Å². The van der Waals surface area contributed by atoms with Crippen LogP contribution in [-0.2, 0) is 4.79 Å². The van der Waals surface area contributed by atoms with Gasteiger partial charge in [-0.15, -0.1) is 0 Å². The van der Waals surface area contributed by atoms with Crippen molar-refractivity contribution in [3.05, 3.63) is 42.1 Å². The van der Waals surface area contributed by atoms with Gasteiger partial charge < -0.3 is 25.2 Å². The van der Waals surface area contributed by atoms with Crippen molar-refractivity contribution in [1.82, 2.24) is 25.1 Å². The number of benzene rings is 1. The van der Waals surface area contributed by atoms with E-state index in [1.807, 2.05) is 31.2 Å². The molecule has 9 nitrogen and oxygen atoms in total. The first-order valence-electron chi connectivity index (χ1n) is 11.6. The smallest absolute Gasteiger partial charge is 0.196 e. The quantitative estimate of drug-likeness (QED) is 0.315. The van der Waals surface area contributed by atoms with Crippen molar-refractivity contribution in [2.45, 2.75) is 29.8 Å². The summed E-state index contributed by atoms with van der Waals surface area (Å²) in [6, 6.07) is 12.1. The Balaban J connectivity index is 1.32. The van der Waals surface area contributed by atoms with Crippen LogP contribution in [0.5, 0.6) is 0 Å². The molecule has 1 aliphatic heterocycles. The number of likely N-dealkylation sites (N-methyl/N-ethyl adjacent to an activating group) is 1. The standard InChI is InChI=1S/C24H30N8OS/c1-17-13-21(30-29-17)26-20-14-22(32-11-9-31(2)10-12-32)28-23(27-20)34-19-5-3-18(4-6-19)25-15-24(16-33)7-8-24/h3-6,13-14,16,25H,7-12,15H2,1-2H3,(H2,26,27,28,29,30). The fourth-order valence-electron chi connectivity index (χ4n) is 3.85. The number of rotatable bonds is 9. The molecule has 3 aromatic rings. The highest BCUT2D eigenvalue weighted by Gasteiger charge is 2.42. The first-order valence-corrected chi connectivity index (χ1v) is 12.4. The van der Waals surface area contributed by atoms with E-state index in [4.69, 9.17) is 9.97 Å². The monoisotopic (exact) mass is 478 g/mol. The lowest BCUT2D eigenvalue weighted by Gasteiger charge is -2.33. The molecule has 0 bridgehead atoms. The molecule has 10 heteroatoms. The predicted molar refractivity (Wildman–Crippen MR) is 135 cm³/mol. The van der Waals surface area contributed by atoms with Crippen molar-refractivity contribution in [3.8, 4) is 0 Å². The minimum atomic E-state index is -0.152. The zero-order valence-corrected chi connectivity index (χ0v) is 20.4. The maximum atomic E-state index is 11.2. The zero-order chi connectivity index (χ0) is 23.5. The van der Waals surface area contributed by atoms with Gasteiger partial charge in [0.1, 0.15) is 17.9 Å². The SMILES string of the molecule is Cc1cc(Nc2cc(N3CCN(C)CC3)nc(Sc3ccc(NCC4(C=O)CC4)cc3)n2)n[nH]1. The number of aldehydes is 1. The second-order valence-electron chi connectivity index (χ2n) is 9.21. The number of aryl methyl sites for hydroxylation is 1. The van der Waals surface area contributed by atoms with Crippen LogP contribution in [0.3, 0.4) is 0 Å². The molecular formula is C24H30N8OS. The molecule has 3 N–H and O–H groups in total. The Hall–Kier alpha value is -3.11. The largest absolute Gasteiger partial charge is 0.384 e. The van der Waals surface area contributed by atoms with E-state index in [9.17, 15) is 4.79 Å². The van der Waals surface area contributed by atoms with Gasteiger partial charge in [0, 0.05) is 66.5 Å². The van der Waals surface area contributed by atoms with Crippen LogP contribution in [0, 0.1) is 12.3 Å². The summed E-state index contributed by atoms with van der Waals surface area (Å²) in [5.74, 6) is 2.37. The average molecular weight is 479 g/mol. The van der Waals surface area contributed by atoms with Gasteiger partial charge in [0.15, 0.2) is 11.0 Å². The highest BCUT2D eigenvalue weighted by molar-refractivity contribution is 7.99. The zero-order valence-electron chi connectivity index (χ0n) is 19.5. The minimum Gasteiger partial charge on any atom is -0.384 e. The van der Waals surface area contributed by atoms with E-state index < -0.39 is 0 Å². The number of carbonyl (C=O) groups excluding carboxylic acids is 1. The third-order valence-electron chi connectivity index (χ3n) is 6.33. The summed E-state index contributed by atoms with van der Waals surface area (Å²) in [5.41, 5.74) is 1.85. The molecule has 2 fully saturated rings. The molecule has 0 unspecified atom stereocenters. The summed E-state index contributed by atoms with van der Waals surface area (Å²) in [6.45, 7) is 6.54. The van der Waals surface area contributed by atoms with E-state index in [-0.39, 0.29) is 5.41 Å². The van der Waals surface area contributed by atoms with Crippen molar-refractivity contribution >= 4 is 41.2 Å². The van der Waals surface area contributed by atoms with E-state index in [0.717, 1.165) is 79.0 Å². The van der Waals surface area contributed by atoms with Crippen LogP contribution < -0.4 is 15.5 Å². The Morgan fingerprint density at radius 2 is 1.85 bits per heavy atom. The third kappa shape index (κ3) is 5.51. The lowest BCUT2D eigenvalue weighted by molar-refractivity contribution is -0.111. The molecule has 0 atom stereocenters. The average Bonchev–Trinajstić information content (AvgIpc) is 3.52. The number of hydrogen-bond donors (Lipinski definition) is 3. The van der Waals surface area contributed by atoms with Crippen molar-refractivity contribution < 1.29 is 4.79 Å². The normalized spacial score (nSPS) is 17.4. The summed E-state index contributed by atoms with van der Waals surface area (Å²) >= 11 is 1.53. The van der Waals surface area contributed by atoms with E-state index in [1.54, 1.807) is 0 Å². The third-order valence-corrected chi connectivity index (χ3v) is 7.20. The van der Waals surface area contributed by atoms with Gasteiger partial charge in [-0.2, -0.15) is 5.10 Å². The van der Waals surface area contributed by atoms with Crippen LogP contribution in [0.25, 0.3) is 0 Å². The Morgan fingerprint density at radius 3 is 2.50 bits per heavy atom. The number of H-pyrrole nitrogens is 1. The summed E-state index contributed by atoms with van der Waals surface area (Å²) in [6.07, 6.45) is 3.05. The van der Waals surface area contributed by atoms with E-state index in [1.165, 1.54) is 11.8 Å². The molecule has 1 aromatic carbocycles. The molecule has 1 aliphatic carbocycles. The number of carbonyl (C=O) groups is 1. The first-order chi connectivity index (χ1) is 16.5. The Morgan fingerprint density at radius 1 is 1.09 bits per heavy atom. The van der Waals surface area contributed by atoms with Crippen LogP contribution in [0.15, 0.2) is 46.5 Å². The molecule has 0 radical (unpaired) electrons. The van der Waals surface area contributed by atoms with Crippen molar-refractivity contribution in [2.24, 2.45) is 5.41 Å². The molecule has 0 amide bonds. The van der Waals surface area contributed by atoms with Crippen LogP contribution in [0.4, 0.5) is 23.1 Å². The van der Waals surface area contributed by atoms with Gasteiger partial charge in [0.05, 0.1) is 0 Å². The first kappa shape index (κ1) is 22.7. The van der Waals surface area contributed by atoms with Crippen LogP contribution in [0.1, 0.15) is 18.5 Å². The molecule has 5 rings (SSSR count). The summed E-state index contributed by atoms with van der Waals surface area (Å²) in [7, 11) is 2.15. The fraction of sp³-hybridized carbons (Fsp3) is 0.417. The van der Waals surface area contributed by atoms with E-state index >= 15 is 0 Å². The molecule has 1 saturated carbocycles. The number of nitrogens with zero attached hydrogens (tertiary/aromatic N) is 5. The van der Waals surface area contributed by atoms with Gasteiger partial charge in [-0.05, 0) is 62.8 Å². The summed E-state index contributed by atoms with van der Waals surface area (Å²) in [4.78, 5) is 26.5. The second-order valence-corrected chi connectivity index (χ2v) is 10.2. The molecule has 2 aliphatic rings. The van der Waals surface area contributed by atoms with Gasteiger partial charge >= 0.3 is 0 Å². The number of anilines is 4. The molecule has 2 aromatic heterocycles. The molecular weight excluding hydrogens is 448 g/mol. The van der Waals surface area contributed by atoms with Gasteiger partial charge in [-0.1, -0.05) is 0 Å². The highest BCUT2D eigenvalue weighted by atomic mass is 32.2. The minimum absolute atomic E-state index is 0.152. The Kier molecular flexibility index (Phi) is 6.42. The van der Waals surface area contributed by atoms with Crippen molar-refractivity contribution in [2.75, 3.05) is 55.3 Å². The molecule has 178 valence electrons. The predicted octanol–water partition coefficient (Wildman–Crippen LogP) is 3.55. The lowest BCUT2D eigenvalue weighted by atomic mass is 10.1.